The molecule has 1 aliphatic rings. The molecule has 0 aromatic rings. The molecule has 1 saturated heterocycles. The Labute approximate surface area is 111 Å². The van der Waals surface area contributed by atoms with E-state index in [9.17, 15) is 18.4 Å². The minimum absolute atomic E-state index is 0.0114. The third-order valence-corrected chi connectivity index (χ3v) is 3.42. The minimum Gasteiger partial charge on any atom is -0.481 e. The topological polar surface area (TPSA) is 57.6 Å². The molecule has 1 unspecified atom stereocenters. The van der Waals surface area contributed by atoms with Gasteiger partial charge in [0.1, 0.15) is 0 Å². The van der Waals surface area contributed by atoms with Crippen molar-refractivity contribution in [3.8, 4) is 0 Å². The summed E-state index contributed by atoms with van der Waals surface area (Å²) in [6.07, 6.45) is -0.935. The molecule has 1 atom stereocenters. The molecule has 0 spiro atoms. The predicted molar refractivity (Wildman–Crippen MR) is 66.0 cm³/mol. The zero-order valence-corrected chi connectivity index (χ0v) is 11.4. The quantitative estimate of drug-likeness (QED) is 0.840. The summed E-state index contributed by atoms with van der Waals surface area (Å²) in [5.74, 6) is -1.35. The molecule has 1 N–H and O–H groups in total. The lowest BCUT2D eigenvalue weighted by Crippen LogP contribution is -2.48. The lowest BCUT2D eigenvalue weighted by atomic mass is 9.84. The van der Waals surface area contributed by atoms with Crippen LogP contribution in [-0.2, 0) is 9.59 Å². The number of hydrogen-bond acceptors (Lipinski definition) is 2. The molecule has 0 aliphatic carbocycles. The summed E-state index contributed by atoms with van der Waals surface area (Å²) in [6.45, 7) is 3.68. The van der Waals surface area contributed by atoms with Crippen molar-refractivity contribution >= 4 is 11.9 Å². The van der Waals surface area contributed by atoms with Crippen LogP contribution in [0.15, 0.2) is 0 Å². The van der Waals surface area contributed by atoms with Gasteiger partial charge in [0.05, 0.1) is 12.5 Å². The molecule has 1 rings (SSSR count). The van der Waals surface area contributed by atoms with Crippen molar-refractivity contribution in [3.05, 3.63) is 0 Å². The van der Waals surface area contributed by atoms with Gasteiger partial charge in [-0.3, -0.25) is 9.59 Å². The lowest BCUT2D eigenvalue weighted by Gasteiger charge is -2.37. The fourth-order valence-electron chi connectivity index (χ4n) is 2.51. The second-order valence-electron chi connectivity index (χ2n) is 5.90. The number of carboxylic acids is 1. The van der Waals surface area contributed by atoms with Crippen LogP contribution >= 0.6 is 0 Å². The fraction of sp³-hybridized carbons (Fsp3) is 0.846. The van der Waals surface area contributed by atoms with Crippen LogP contribution in [0.4, 0.5) is 8.78 Å². The van der Waals surface area contributed by atoms with E-state index in [2.05, 4.69) is 0 Å². The molecule has 0 aromatic heterocycles. The van der Waals surface area contributed by atoms with E-state index >= 15 is 0 Å². The van der Waals surface area contributed by atoms with Gasteiger partial charge in [-0.05, 0) is 24.7 Å². The van der Waals surface area contributed by atoms with Crippen LogP contribution in [0.3, 0.4) is 0 Å². The minimum atomic E-state index is -2.54. The van der Waals surface area contributed by atoms with E-state index in [0.717, 1.165) is 6.42 Å². The van der Waals surface area contributed by atoms with Crippen molar-refractivity contribution in [3.63, 3.8) is 0 Å². The Kier molecular flexibility index (Phi) is 5.26. The van der Waals surface area contributed by atoms with Crippen molar-refractivity contribution in [2.24, 2.45) is 5.41 Å². The Hall–Kier alpha value is -1.20. The van der Waals surface area contributed by atoms with E-state index in [1.54, 1.807) is 13.8 Å². The summed E-state index contributed by atoms with van der Waals surface area (Å²) in [6, 6.07) is -1.01. The zero-order valence-electron chi connectivity index (χ0n) is 11.4. The highest BCUT2D eigenvalue weighted by atomic mass is 19.3. The van der Waals surface area contributed by atoms with Crippen molar-refractivity contribution in [2.75, 3.05) is 6.54 Å². The van der Waals surface area contributed by atoms with Gasteiger partial charge >= 0.3 is 5.97 Å². The first-order valence-electron chi connectivity index (χ1n) is 6.52. The van der Waals surface area contributed by atoms with Crippen molar-refractivity contribution in [1.82, 2.24) is 4.90 Å². The molecule has 110 valence electrons. The highest BCUT2D eigenvalue weighted by molar-refractivity contribution is 5.78. The van der Waals surface area contributed by atoms with Gasteiger partial charge < -0.3 is 10.0 Å². The van der Waals surface area contributed by atoms with Crippen LogP contribution in [0.5, 0.6) is 0 Å². The number of nitrogens with zero attached hydrogens (tertiary/aromatic N) is 1. The van der Waals surface area contributed by atoms with Crippen molar-refractivity contribution in [1.29, 1.82) is 0 Å². The van der Waals surface area contributed by atoms with Gasteiger partial charge in [0.2, 0.25) is 5.91 Å². The van der Waals surface area contributed by atoms with E-state index in [-0.39, 0.29) is 18.7 Å². The summed E-state index contributed by atoms with van der Waals surface area (Å²) in [7, 11) is 0. The highest BCUT2D eigenvalue weighted by Crippen LogP contribution is 2.29. The number of rotatable bonds is 5. The first-order valence-corrected chi connectivity index (χ1v) is 6.52. The largest absolute Gasteiger partial charge is 0.481 e. The SMILES string of the molecule is CC(C)(CC(=O)O)CC(=O)N1CCCCC1C(F)F. The smallest absolute Gasteiger partial charge is 0.303 e. The second kappa shape index (κ2) is 6.30. The Morgan fingerprint density at radius 2 is 1.95 bits per heavy atom. The summed E-state index contributed by atoms with van der Waals surface area (Å²) < 4.78 is 25.8. The van der Waals surface area contributed by atoms with Gasteiger partial charge in [0, 0.05) is 13.0 Å². The molecule has 0 radical (unpaired) electrons. The summed E-state index contributed by atoms with van der Waals surface area (Å²) in [5, 5.41) is 8.77. The number of hydrogen-bond donors (Lipinski definition) is 1. The molecule has 1 amide bonds. The van der Waals surface area contributed by atoms with Gasteiger partial charge in [-0.2, -0.15) is 0 Å². The first-order chi connectivity index (χ1) is 8.73. The van der Waals surface area contributed by atoms with Crippen LogP contribution in [0.1, 0.15) is 46.0 Å². The Morgan fingerprint density at radius 3 is 2.47 bits per heavy atom. The van der Waals surface area contributed by atoms with Gasteiger partial charge in [-0.15, -0.1) is 0 Å². The highest BCUT2D eigenvalue weighted by Gasteiger charge is 2.35. The maximum atomic E-state index is 12.9. The number of alkyl halides is 2. The van der Waals surface area contributed by atoms with Crippen LogP contribution < -0.4 is 0 Å². The van der Waals surface area contributed by atoms with Gasteiger partial charge in [0.15, 0.2) is 0 Å². The predicted octanol–water partition coefficient (Wildman–Crippen LogP) is 2.52. The second-order valence-corrected chi connectivity index (χ2v) is 5.90. The van der Waals surface area contributed by atoms with E-state index in [1.807, 2.05) is 0 Å². The average Bonchev–Trinajstić information content (AvgIpc) is 2.26. The number of carboxylic acid groups (broad SMARTS) is 1. The van der Waals surface area contributed by atoms with E-state index in [1.165, 1.54) is 4.90 Å². The van der Waals surface area contributed by atoms with Gasteiger partial charge in [-0.25, -0.2) is 8.78 Å². The third-order valence-electron chi connectivity index (χ3n) is 3.42. The van der Waals surface area contributed by atoms with E-state index in [0.29, 0.717) is 19.4 Å². The van der Waals surface area contributed by atoms with Gasteiger partial charge in [-0.1, -0.05) is 13.8 Å². The number of amides is 1. The normalized spacial score (nSPS) is 20.7. The molecule has 1 fully saturated rings. The maximum absolute atomic E-state index is 12.9. The van der Waals surface area contributed by atoms with E-state index < -0.39 is 23.9 Å². The monoisotopic (exact) mass is 277 g/mol. The summed E-state index contributed by atoms with van der Waals surface area (Å²) in [5.41, 5.74) is -0.715. The van der Waals surface area contributed by atoms with Crippen molar-refractivity contribution in [2.45, 2.75) is 58.4 Å². The molecular formula is C13H21F2NO3. The van der Waals surface area contributed by atoms with E-state index in [4.69, 9.17) is 5.11 Å². The number of carbonyl (C=O) groups is 2. The number of likely N-dealkylation sites (tertiary alicyclic amines) is 1. The third kappa shape index (κ3) is 4.76. The Morgan fingerprint density at radius 1 is 1.32 bits per heavy atom. The molecule has 1 aliphatic heterocycles. The zero-order chi connectivity index (χ0) is 14.6. The van der Waals surface area contributed by atoms with Crippen LogP contribution in [0.2, 0.25) is 0 Å². The standard InChI is InChI=1S/C13H21F2NO3/c1-13(2,8-11(18)19)7-10(17)16-6-4-3-5-9(16)12(14)15/h9,12H,3-8H2,1-2H3,(H,18,19). The van der Waals surface area contributed by atoms with Crippen LogP contribution in [-0.4, -0.2) is 40.9 Å². The molecule has 0 saturated carbocycles. The molecule has 0 bridgehead atoms. The molecule has 0 aromatic carbocycles. The number of piperidine rings is 1. The summed E-state index contributed by atoms with van der Waals surface area (Å²) >= 11 is 0. The maximum Gasteiger partial charge on any atom is 0.303 e. The number of halogens is 2. The Bertz CT molecular complexity index is 345. The average molecular weight is 277 g/mol. The van der Waals surface area contributed by atoms with Gasteiger partial charge in [0.25, 0.3) is 6.43 Å². The van der Waals surface area contributed by atoms with Crippen LogP contribution in [0.25, 0.3) is 0 Å². The first kappa shape index (κ1) is 15.9. The Balaban J connectivity index is 2.67. The fourth-order valence-corrected chi connectivity index (χ4v) is 2.51. The molecule has 6 heteroatoms. The van der Waals surface area contributed by atoms with Crippen LogP contribution in [0, 0.1) is 5.41 Å². The molecule has 4 nitrogen and oxygen atoms in total. The molecular weight excluding hydrogens is 256 g/mol. The summed E-state index contributed by atoms with van der Waals surface area (Å²) in [4.78, 5) is 24.0. The number of carbonyl (C=O) groups excluding carboxylic acids is 1. The number of aliphatic carboxylic acids is 1. The van der Waals surface area contributed by atoms with Crippen molar-refractivity contribution < 1.29 is 23.5 Å². The lowest BCUT2D eigenvalue weighted by molar-refractivity contribution is -0.144. The molecule has 1 heterocycles. The molecule has 19 heavy (non-hydrogen) atoms.